The molecule has 1 amide bonds. The lowest BCUT2D eigenvalue weighted by Crippen LogP contribution is -2.34. The summed E-state index contributed by atoms with van der Waals surface area (Å²) in [4.78, 5) is 12.1. The van der Waals surface area contributed by atoms with Gasteiger partial charge in [0.05, 0.1) is 26.9 Å². The predicted molar refractivity (Wildman–Crippen MR) is 96.6 cm³/mol. The van der Waals surface area contributed by atoms with Crippen LogP contribution in [0, 0.1) is 0 Å². The third-order valence-corrected chi connectivity index (χ3v) is 4.03. The number of carbonyl (C=O) groups excluding carboxylic acids is 1. The summed E-state index contributed by atoms with van der Waals surface area (Å²) in [5.41, 5.74) is -0.697. The topological polar surface area (TPSA) is 41.1 Å². The van der Waals surface area contributed by atoms with Crippen molar-refractivity contribution in [2.24, 2.45) is 0 Å². The zero-order valence-electron chi connectivity index (χ0n) is 12.0. The first kappa shape index (κ1) is 19.8. The van der Waals surface area contributed by atoms with Crippen LogP contribution in [0.15, 0.2) is 36.4 Å². The molecule has 0 atom stereocenters. The lowest BCUT2D eigenvalue weighted by Gasteiger charge is -2.13. The third-order valence-electron chi connectivity index (χ3n) is 2.94. The molecule has 0 bridgehead atoms. The van der Waals surface area contributed by atoms with Crippen molar-refractivity contribution in [3.05, 3.63) is 62.6 Å². The molecule has 0 heterocycles. The molecule has 2 N–H and O–H groups in total. The summed E-state index contributed by atoms with van der Waals surface area (Å²) in [6, 6.07) is 7.01. The van der Waals surface area contributed by atoms with Crippen molar-refractivity contribution >= 4 is 63.7 Å². The molecule has 0 radical (unpaired) electrons. The molecule has 0 spiro atoms. The summed E-state index contributed by atoms with van der Waals surface area (Å²) in [6.45, 7) is 0. The number of thiocarbonyl (C=S) groups is 1. The normalized spacial score (nSPS) is 11.1. The Balaban J connectivity index is 2.10. The molecule has 2 aromatic carbocycles. The van der Waals surface area contributed by atoms with Crippen LogP contribution in [0.5, 0.6) is 0 Å². The Kier molecular flexibility index (Phi) is 6.16. The number of amides is 1. The van der Waals surface area contributed by atoms with E-state index in [1.807, 2.05) is 0 Å². The zero-order chi connectivity index (χ0) is 18.8. The summed E-state index contributed by atoms with van der Waals surface area (Å²) in [7, 11) is 0. The van der Waals surface area contributed by atoms with Gasteiger partial charge in [-0.25, -0.2) is 0 Å². The number of benzene rings is 2. The molecule has 0 saturated heterocycles. The zero-order valence-corrected chi connectivity index (χ0v) is 15.1. The number of halogens is 6. The van der Waals surface area contributed by atoms with Crippen molar-refractivity contribution in [1.82, 2.24) is 5.32 Å². The molecule has 3 nitrogen and oxygen atoms in total. The Hall–Kier alpha value is -1.54. The SMILES string of the molecule is O=C(NC(=S)Nc1ccc(C(F)(F)F)cc1Cl)c1cc(Cl)ccc1Cl. The van der Waals surface area contributed by atoms with E-state index in [0.717, 1.165) is 18.2 Å². The smallest absolute Gasteiger partial charge is 0.331 e. The molecule has 25 heavy (non-hydrogen) atoms. The fraction of sp³-hybridized carbons (Fsp3) is 0.0667. The molecule has 10 heteroatoms. The quantitative estimate of drug-likeness (QED) is 0.596. The van der Waals surface area contributed by atoms with Crippen molar-refractivity contribution in [1.29, 1.82) is 0 Å². The molecule has 0 aliphatic heterocycles. The van der Waals surface area contributed by atoms with Gasteiger partial charge in [-0.15, -0.1) is 0 Å². The minimum absolute atomic E-state index is 0.0943. The maximum atomic E-state index is 12.6. The van der Waals surface area contributed by atoms with Gasteiger partial charge in [0.25, 0.3) is 5.91 Å². The first-order valence-electron chi connectivity index (χ1n) is 6.52. The second kappa shape index (κ2) is 7.78. The fourth-order valence-corrected chi connectivity index (χ4v) is 2.59. The minimum atomic E-state index is -4.51. The molecule has 132 valence electrons. The van der Waals surface area contributed by atoms with Gasteiger partial charge in [0.2, 0.25) is 0 Å². The van der Waals surface area contributed by atoms with Crippen molar-refractivity contribution in [2.45, 2.75) is 6.18 Å². The van der Waals surface area contributed by atoms with Crippen LogP contribution >= 0.6 is 47.0 Å². The van der Waals surface area contributed by atoms with Crippen LogP contribution in [0.25, 0.3) is 0 Å². The van der Waals surface area contributed by atoms with Crippen LogP contribution in [0.1, 0.15) is 15.9 Å². The average molecular weight is 428 g/mol. The molecule has 0 aromatic heterocycles. The molecule has 0 aliphatic carbocycles. The van der Waals surface area contributed by atoms with Gasteiger partial charge < -0.3 is 5.32 Å². The number of anilines is 1. The maximum absolute atomic E-state index is 12.6. The first-order chi connectivity index (χ1) is 11.6. The van der Waals surface area contributed by atoms with E-state index >= 15 is 0 Å². The number of hydrogen-bond donors (Lipinski definition) is 2. The molecule has 2 aromatic rings. The molecular weight excluding hydrogens is 420 g/mol. The molecule has 0 unspecified atom stereocenters. The monoisotopic (exact) mass is 426 g/mol. The molecular formula is C15H8Cl3F3N2OS. The van der Waals surface area contributed by atoms with E-state index in [0.29, 0.717) is 5.02 Å². The van der Waals surface area contributed by atoms with E-state index in [9.17, 15) is 18.0 Å². The van der Waals surface area contributed by atoms with E-state index in [1.165, 1.54) is 18.2 Å². The molecule has 0 fully saturated rings. The highest BCUT2D eigenvalue weighted by Gasteiger charge is 2.31. The van der Waals surface area contributed by atoms with E-state index in [-0.39, 0.29) is 26.4 Å². The minimum Gasteiger partial charge on any atom is -0.331 e. The van der Waals surface area contributed by atoms with Crippen molar-refractivity contribution in [2.75, 3.05) is 5.32 Å². The van der Waals surface area contributed by atoms with Gasteiger partial charge in [0, 0.05) is 5.02 Å². The van der Waals surface area contributed by atoms with Crippen LogP contribution < -0.4 is 10.6 Å². The Bertz CT molecular complexity index is 843. The van der Waals surface area contributed by atoms with Crippen LogP contribution in [-0.2, 0) is 6.18 Å². The summed E-state index contributed by atoms with van der Waals surface area (Å²) in [6.07, 6.45) is -4.51. The standard InChI is InChI=1S/C15H8Cl3F3N2OS/c16-8-2-3-10(17)9(6-8)13(24)23-14(25)22-12-4-1-7(5-11(12)18)15(19,20)21/h1-6H,(H2,22,23,24,25). The van der Waals surface area contributed by atoms with E-state index in [4.69, 9.17) is 47.0 Å². The van der Waals surface area contributed by atoms with Crippen molar-refractivity contribution in [3.63, 3.8) is 0 Å². The van der Waals surface area contributed by atoms with Crippen LogP contribution in [0.4, 0.5) is 18.9 Å². The van der Waals surface area contributed by atoms with Crippen LogP contribution in [0.2, 0.25) is 15.1 Å². The fourth-order valence-electron chi connectivity index (χ4n) is 1.79. The number of hydrogen-bond acceptors (Lipinski definition) is 2. The largest absolute Gasteiger partial charge is 0.416 e. The summed E-state index contributed by atoms with van der Waals surface area (Å²) in [5, 5.41) is 4.99. The van der Waals surface area contributed by atoms with Gasteiger partial charge in [-0.1, -0.05) is 34.8 Å². The average Bonchev–Trinajstić information content (AvgIpc) is 2.50. The highest BCUT2D eigenvalue weighted by Crippen LogP contribution is 2.33. The Morgan fingerprint density at radius 2 is 1.68 bits per heavy atom. The highest BCUT2D eigenvalue weighted by atomic mass is 35.5. The first-order valence-corrected chi connectivity index (χ1v) is 8.06. The lowest BCUT2D eigenvalue weighted by atomic mass is 10.2. The predicted octanol–water partition coefficient (Wildman–Crippen LogP) is 5.79. The highest BCUT2D eigenvalue weighted by molar-refractivity contribution is 7.80. The molecule has 0 aliphatic rings. The van der Waals surface area contributed by atoms with Gasteiger partial charge in [-0.3, -0.25) is 10.1 Å². The number of nitrogens with one attached hydrogen (secondary N) is 2. The Morgan fingerprint density at radius 1 is 1.00 bits per heavy atom. The van der Waals surface area contributed by atoms with E-state index in [1.54, 1.807) is 0 Å². The summed E-state index contributed by atoms with van der Waals surface area (Å²) >= 11 is 22.5. The summed E-state index contributed by atoms with van der Waals surface area (Å²) in [5.74, 6) is -0.631. The van der Waals surface area contributed by atoms with Gasteiger partial charge in [0.15, 0.2) is 5.11 Å². The molecule has 2 rings (SSSR count). The molecule has 0 saturated carbocycles. The second-order valence-corrected chi connectivity index (χ2v) is 6.38. The number of alkyl halides is 3. The maximum Gasteiger partial charge on any atom is 0.416 e. The van der Waals surface area contributed by atoms with Gasteiger partial charge >= 0.3 is 6.18 Å². The summed E-state index contributed by atoms with van der Waals surface area (Å²) < 4.78 is 37.8. The number of carbonyl (C=O) groups is 1. The van der Waals surface area contributed by atoms with Crippen LogP contribution in [0.3, 0.4) is 0 Å². The van der Waals surface area contributed by atoms with E-state index < -0.39 is 17.6 Å². The van der Waals surface area contributed by atoms with E-state index in [2.05, 4.69) is 10.6 Å². The van der Waals surface area contributed by atoms with Gasteiger partial charge in [0.1, 0.15) is 0 Å². The Labute approximate surface area is 161 Å². The van der Waals surface area contributed by atoms with Crippen LogP contribution in [-0.4, -0.2) is 11.0 Å². The van der Waals surface area contributed by atoms with Crippen molar-refractivity contribution in [3.8, 4) is 0 Å². The second-order valence-electron chi connectivity index (χ2n) is 4.72. The third kappa shape index (κ3) is 5.22. The number of rotatable bonds is 2. The van der Waals surface area contributed by atoms with Gasteiger partial charge in [-0.2, -0.15) is 13.2 Å². The Morgan fingerprint density at radius 3 is 2.28 bits per heavy atom. The van der Waals surface area contributed by atoms with Crippen molar-refractivity contribution < 1.29 is 18.0 Å². The van der Waals surface area contributed by atoms with Gasteiger partial charge in [-0.05, 0) is 48.6 Å². The lowest BCUT2D eigenvalue weighted by molar-refractivity contribution is -0.137.